The maximum Gasteiger partial charge on any atom is 0.154 e. The molecule has 25 heavy (non-hydrogen) atoms. The average molecular weight is 401 g/mol. The van der Waals surface area contributed by atoms with E-state index in [9.17, 15) is 0 Å². The Morgan fingerprint density at radius 1 is 0.840 bits per heavy atom. The number of hydrogen-bond donors (Lipinski definition) is 0. The predicted octanol–water partition coefficient (Wildman–Crippen LogP) is 6.08. The van der Waals surface area contributed by atoms with Gasteiger partial charge in [-0.05, 0) is 12.1 Å². The fourth-order valence-corrected chi connectivity index (χ4v) is 12.3. The van der Waals surface area contributed by atoms with Gasteiger partial charge in [-0.25, -0.2) is 0 Å². The van der Waals surface area contributed by atoms with E-state index in [0.717, 1.165) is 39.3 Å². The molecule has 0 spiro atoms. The fraction of sp³-hybridized carbons (Fsp3) is 0.667. The van der Waals surface area contributed by atoms with Crippen molar-refractivity contribution in [2.24, 2.45) is 0 Å². The molecule has 1 aliphatic heterocycles. The maximum absolute atomic E-state index is 2.79. The Bertz CT molecular complexity index is 510. The van der Waals surface area contributed by atoms with E-state index in [0.29, 0.717) is 0 Å². The van der Waals surface area contributed by atoms with Crippen LogP contribution in [0.2, 0.25) is 0 Å². The Kier molecular flexibility index (Phi) is 8.95. The molecule has 0 saturated carbocycles. The molecule has 142 valence electrons. The highest BCUT2D eigenvalue weighted by Crippen LogP contribution is 2.76. The molecule has 0 aliphatic carbocycles. The monoisotopic (exact) mass is 400 g/mol. The first kappa shape index (κ1) is 21.4. The van der Waals surface area contributed by atoms with Crippen molar-refractivity contribution in [3.63, 3.8) is 0 Å². The van der Waals surface area contributed by atoms with E-state index < -0.39 is 15.8 Å². The van der Waals surface area contributed by atoms with Gasteiger partial charge in [0.05, 0.1) is 5.69 Å². The van der Waals surface area contributed by atoms with E-state index in [1.807, 2.05) is 0 Å². The number of nitrogens with zero attached hydrogens (tertiary/aromatic N) is 4. The third-order valence-electron chi connectivity index (χ3n) is 4.53. The quantitative estimate of drug-likeness (QED) is 0.440. The Morgan fingerprint density at radius 3 is 1.84 bits per heavy atom. The Balaban J connectivity index is 2.51. The van der Waals surface area contributed by atoms with Crippen LogP contribution in [0.4, 0.5) is 5.69 Å². The second kappa shape index (κ2) is 10.4. The van der Waals surface area contributed by atoms with Crippen LogP contribution < -0.4 is 4.44 Å². The Hall–Kier alpha value is 0.110. The predicted molar refractivity (Wildman–Crippen MR) is 117 cm³/mol. The lowest BCUT2D eigenvalue weighted by molar-refractivity contribution is 0.423. The molecule has 0 bridgehead atoms. The van der Waals surface area contributed by atoms with Crippen molar-refractivity contribution in [3.05, 3.63) is 24.3 Å². The van der Waals surface area contributed by atoms with Crippen LogP contribution in [0.3, 0.4) is 0 Å². The summed E-state index contributed by atoms with van der Waals surface area (Å²) in [6.45, 7) is 20.4. The van der Waals surface area contributed by atoms with Gasteiger partial charge in [0.25, 0.3) is 0 Å². The molecule has 0 amide bonds. The number of anilines is 1. The summed E-state index contributed by atoms with van der Waals surface area (Å²) in [5, 5.41) is 0. The number of para-hydroxylation sites is 1. The van der Waals surface area contributed by atoms with Crippen molar-refractivity contribution < 1.29 is 0 Å². The van der Waals surface area contributed by atoms with Crippen LogP contribution >= 0.6 is 27.2 Å². The van der Waals surface area contributed by atoms with E-state index in [-0.39, 0.29) is 0 Å². The maximum atomic E-state index is 2.79. The lowest BCUT2D eigenvalue weighted by atomic mass is 10.3. The highest BCUT2D eigenvalue weighted by Gasteiger charge is 2.42. The zero-order chi connectivity index (χ0) is 18.4. The van der Waals surface area contributed by atoms with Gasteiger partial charge in [-0.2, -0.15) is 0 Å². The lowest BCUT2D eigenvalue weighted by Crippen LogP contribution is -2.37. The van der Waals surface area contributed by atoms with Gasteiger partial charge in [-0.3, -0.25) is 18.5 Å². The topological polar surface area (TPSA) is 13.0 Å². The van der Waals surface area contributed by atoms with Crippen LogP contribution in [0.15, 0.2) is 29.2 Å². The van der Waals surface area contributed by atoms with Crippen molar-refractivity contribution in [2.45, 2.75) is 46.4 Å². The minimum Gasteiger partial charge on any atom is -0.281 e. The SMILES string of the molecule is CCN(CC)P1Sc2ccccc2N1P(N(CC)CC)N(CC)CC. The standard InChI is InChI=1S/C18H34N4P2S/c1-7-19(8-2)23(20(9-3)10-4)22-17-15-13-14-16-18(17)25-24(22)21(11-5)12-6/h13-16H,7-12H2,1-6H3. The van der Waals surface area contributed by atoms with E-state index >= 15 is 0 Å². The lowest BCUT2D eigenvalue weighted by Gasteiger charge is -2.46. The van der Waals surface area contributed by atoms with Crippen LogP contribution in [0.5, 0.6) is 0 Å². The molecule has 2 rings (SSSR count). The van der Waals surface area contributed by atoms with Crippen molar-refractivity contribution in [3.8, 4) is 0 Å². The third-order valence-corrected chi connectivity index (χ3v) is 13.1. The van der Waals surface area contributed by atoms with Gasteiger partial charge in [0, 0.05) is 44.2 Å². The first-order valence-electron chi connectivity index (χ1n) is 9.58. The smallest absolute Gasteiger partial charge is 0.154 e. The second-order valence-corrected chi connectivity index (χ2v) is 11.8. The largest absolute Gasteiger partial charge is 0.281 e. The summed E-state index contributed by atoms with van der Waals surface area (Å²) in [6.07, 6.45) is 0. The van der Waals surface area contributed by atoms with E-state index in [2.05, 4.69) is 95.6 Å². The van der Waals surface area contributed by atoms with Gasteiger partial charge in [-0.15, -0.1) is 0 Å². The number of hydrogen-bond acceptors (Lipinski definition) is 5. The molecule has 0 aromatic heterocycles. The number of benzene rings is 1. The number of fused-ring (bicyclic) bond motifs is 1. The molecule has 0 radical (unpaired) electrons. The molecule has 1 aromatic carbocycles. The fourth-order valence-electron chi connectivity index (χ4n) is 3.10. The van der Waals surface area contributed by atoms with Gasteiger partial charge < -0.3 is 0 Å². The summed E-state index contributed by atoms with van der Waals surface area (Å²) in [4.78, 5) is 1.45. The second-order valence-electron chi connectivity index (χ2n) is 5.79. The van der Waals surface area contributed by atoms with Crippen LogP contribution in [0.25, 0.3) is 0 Å². The van der Waals surface area contributed by atoms with Gasteiger partial charge in [0.15, 0.2) is 8.37 Å². The van der Waals surface area contributed by atoms with Crippen LogP contribution in [0, 0.1) is 0 Å². The molecule has 1 unspecified atom stereocenters. The highest BCUT2D eigenvalue weighted by atomic mass is 32.7. The summed E-state index contributed by atoms with van der Waals surface area (Å²) < 4.78 is 10.8. The zero-order valence-corrected chi connectivity index (χ0v) is 19.2. The minimum atomic E-state index is -0.493. The van der Waals surface area contributed by atoms with E-state index in [4.69, 9.17) is 0 Å². The summed E-state index contributed by atoms with van der Waals surface area (Å²) >= 11 is 2.09. The van der Waals surface area contributed by atoms with Gasteiger partial charge in [-0.1, -0.05) is 65.1 Å². The molecule has 0 saturated heterocycles. The highest BCUT2D eigenvalue weighted by molar-refractivity contribution is 8.57. The van der Waals surface area contributed by atoms with Crippen LogP contribution in [-0.2, 0) is 0 Å². The van der Waals surface area contributed by atoms with Crippen molar-refractivity contribution in [1.29, 1.82) is 0 Å². The van der Waals surface area contributed by atoms with Crippen LogP contribution in [0.1, 0.15) is 41.5 Å². The Labute approximate surface area is 161 Å². The molecule has 1 aromatic rings. The molecule has 0 N–H and O–H groups in total. The minimum absolute atomic E-state index is 0.397. The molecule has 4 nitrogen and oxygen atoms in total. The molecule has 1 heterocycles. The van der Waals surface area contributed by atoms with Gasteiger partial charge in [0.2, 0.25) is 0 Å². The first-order chi connectivity index (χ1) is 12.2. The third kappa shape index (κ3) is 4.51. The number of rotatable bonds is 10. The molecule has 7 heteroatoms. The molecule has 0 fully saturated rings. The average Bonchev–Trinajstić information content (AvgIpc) is 3.02. The summed E-state index contributed by atoms with van der Waals surface area (Å²) in [6, 6.07) is 9.01. The Morgan fingerprint density at radius 2 is 1.36 bits per heavy atom. The van der Waals surface area contributed by atoms with Crippen LogP contribution in [-0.4, -0.2) is 53.3 Å². The van der Waals surface area contributed by atoms with E-state index in [1.54, 1.807) is 0 Å². The van der Waals surface area contributed by atoms with Crippen molar-refractivity contribution >= 4 is 32.9 Å². The van der Waals surface area contributed by atoms with Crippen molar-refractivity contribution in [1.82, 2.24) is 14.0 Å². The molecular formula is C18H34N4P2S. The summed E-state index contributed by atoms with van der Waals surface area (Å²) in [5.41, 5.74) is 1.44. The van der Waals surface area contributed by atoms with E-state index in [1.165, 1.54) is 10.6 Å². The normalized spacial score (nSPS) is 17.4. The van der Waals surface area contributed by atoms with Crippen molar-refractivity contribution in [2.75, 3.05) is 43.7 Å². The molecule has 1 atom stereocenters. The zero-order valence-electron chi connectivity index (χ0n) is 16.6. The van der Waals surface area contributed by atoms with Gasteiger partial charge in [0.1, 0.15) is 7.42 Å². The van der Waals surface area contributed by atoms with Gasteiger partial charge >= 0.3 is 0 Å². The molecule has 1 aliphatic rings. The summed E-state index contributed by atoms with van der Waals surface area (Å²) in [7, 11) is -0.890. The summed E-state index contributed by atoms with van der Waals surface area (Å²) in [5.74, 6) is 0. The molecular weight excluding hydrogens is 366 g/mol. The first-order valence-corrected chi connectivity index (χ1v) is 13.4.